The summed E-state index contributed by atoms with van der Waals surface area (Å²) < 4.78 is 18.3. The molecule has 0 aliphatic carbocycles. The van der Waals surface area contributed by atoms with Gasteiger partial charge in [0.05, 0.1) is 0 Å². The average Bonchev–Trinajstić information content (AvgIpc) is 2.72. The predicted molar refractivity (Wildman–Crippen MR) is 64.4 cm³/mol. The third-order valence-electron chi connectivity index (χ3n) is 2.44. The molecule has 2 nitrogen and oxygen atoms in total. The number of rotatable bonds is 1. The first-order chi connectivity index (χ1) is 8.22. The number of benzene rings is 2. The maximum Gasteiger partial charge on any atom is 0.227 e. The standard InChI is InChI=1S/C13H7ClFNO/c14-9-3-6-11-12(7-9)17-13(16-11)8-1-4-10(15)5-2-8/h1-7H. The molecule has 0 radical (unpaired) electrons. The molecule has 4 heteroatoms. The molecule has 0 bridgehead atoms. The van der Waals surface area contributed by atoms with Crippen LogP contribution < -0.4 is 0 Å². The zero-order valence-electron chi connectivity index (χ0n) is 8.65. The topological polar surface area (TPSA) is 26.0 Å². The maximum atomic E-state index is 12.8. The van der Waals surface area contributed by atoms with Crippen molar-refractivity contribution in [2.24, 2.45) is 0 Å². The molecule has 1 aromatic heterocycles. The van der Waals surface area contributed by atoms with E-state index in [0.29, 0.717) is 16.5 Å². The van der Waals surface area contributed by atoms with Gasteiger partial charge in [0.1, 0.15) is 11.3 Å². The Labute approximate surface area is 102 Å². The van der Waals surface area contributed by atoms with Gasteiger partial charge in [-0.2, -0.15) is 0 Å². The smallest absolute Gasteiger partial charge is 0.227 e. The van der Waals surface area contributed by atoms with Crippen molar-refractivity contribution in [1.82, 2.24) is 4.98 Å². The van der Waals surface area contributed by atoms with Crippen LogP contribution >= 0.6 is 11.6 Å². The van der Waals surface area contributed by atoms with Crippen molar-refractivity contribution in [2.75, 3.05) is 0 Å². The molecule has 0 N–H and O–H groups in total. The van der Waals surface area contributed by atoms with Gasteiger partial charge in [-0.1, -0.05) is 11.6 Å². The van der Waals surface area contributed by atoms with Gasteiger partial charge in [-0.3, -0.25) is 0 Å². The lowest BCUT2D eigenvalue weighted by molar-refractivity contribution is 0.616. The minimum Gasteiger partial charge on any atom is -0.436 e. The van der Waals surface area contributed by atoms with E-state index in [2.05, 4.69) is 4.98 Å². The summed E-state index contributed by atoms with van der Waals surface area (Å²) in [5, 5.41) is 0.597. The van der Waals surface area contributed by atoms with E-state index in [9.17, 15) is 4.39 Å². The molecule has 17 heavy (non-hydrogen) atoms. The Morgan fingerprint density at radius 1 is 1.06 bits per heavy atom. The Kier molecular flexibility index (Phi) is 2.34. The number of hydrogen-bond acceptors (Lipinski definition) is 2. The Morgan fingerprint density at radius 2 is 1.82 bits per heavy atom. The number of nitrogens with zero attached hydrogens (tertiary/aromatic N) is 1. The molecule has 0 amide bonds. The van der Waals surface area contributed by atoms with Gasteiger partial charge in [-0.25, -0.2) is 9.37 Å². The van der Waals surface area contributed by atoms with E-state index < -0.39 is 0 Å². The molecule has 2 aromatic carbocycles. The second-order valence-corrected chi connectivity index (χ2v) is 4.07. The second kappa shape index (κ2) is 3.86. The molecule has 0 spiro atoms. The van der Waals surface area contributed by atoms with E-state index in [0.717, 1.165) is 11.1 Å². The van der Waals surface area contributed by atoms with Crippen molar-refractivity contribution in [3.63, 3.8) is 0 Å². The van der Waals surface area contributed by atoms with Gasteiger partial charge in [0.2, 0.25) is 5.89 Å². The number of halogens is 2. The quantitative estimate of drug-likeness (QED) is 0.641. The summed E-state index contributed by atoms with van der Waals surface area (Å²) in [7, 11) is 0. The molecule has 0 fully saturated rings. The van der Waals surface area contributed by atoms with Crippen molar-refractivity contribution >= 4 is 22.7 Å². The summed E-state index contributed by atoms with van der Waals surface area (Å²) in [5.74, 6) is 0.176. The van der Waals surface area contributed by atoms with Crippen LogP contribution in [-0.4, -0.2) is 4.98 Å². The van der Waals surface area contributed by atoms with Gasteiger partial charge in [0.15, 0.2) is 5.58 Å². The van der Waals surface area contributed by atoms with E-state index in [1.165, 1.54) is 12.1 Å². The zero-order chi connectivity index (χ0) is 11.8. The molecule has 0 atom stereocenters. The normalized spacial score (nSPS) is 10.9. The van der Waals surface area contributed by atoms with Crippen molar-refractivity contribution in [3.05, 3.63) is 53.3 Å². The van der Waals surface area contributed by atoms with Gasteiger partial charge in [-0.15, -0.1) is 0 Å². The molecule has 1 heterocycles. The van der Waals surface area contributed by atoms with Crippen LogP contribution in [0.5, 0.6) is 0 Å². The first-order valence-electron chi connectivity index (χ1n) is 5.04. The van der Waals surface area contributed by atoms with Crippen molar-refractivity contribution in [3.8, 4) is 11.5 Å². The van der Waals surface area contributed by atoms with Crippen molar-refractivity contribution < 1.29 is 8.81 Å². The number of fused-ring (bicyclic) bond motifs is 1. The van der Waals surface area contributed by atoms with Crippen molar-refractivity contribution in [1.29, 1.82) is 0 Å². The first-order valence-corrected chi connectivity index (χ1v) is 5.42. The van der Waals surface area contributed by atoms with Crippen LogP contribution in [0.1, 0.15) is 0 Å². The Hall–Kier alpha value is -1.87. The fraction of sp³-hybridized carbons (Fsp3) is 0. The van der Waals surface area contributed by atoms with Crippen LogP contribution in [-0.2, 0) is 0 Å². The van der Waals surface area contributed by atoms with E-state index in [1.807, 2.05) is 0 Å². The van der Waals surface area contributed by atoms with Crippen LogP contribution in [0.2, 0.25) is 5.02 Å². The summed E-state index contributed by atoms with van der Waals surface area (Å²) in [6.45, 7) is 0. The summed E-state index contributed by atoms with van der Waals surface area (Å²) in [5.41, 5.74) is 2.09. The molecule has 0 saturated carbocycles. The lowest BCUT2D eigenvalue weighted by Crippen LogP contribution is -1.77. The van der Waals surface area contributed by atoms with Gasteiger partial charge in [0, 0.05) is 16.7 Å². The molecular formula is C13H7ClFNO. The van der Waals surface area contributed by atoms with Crippen LogP contribution in [0.4, 0.5) is 4.39 Å². The SMILES string of the molecule is Fc1ccc(-c2nc3ccc(Cl)cc3o2)cc1. The zero-order valence-corrected chi connectivity index (χ0v) is 9.41. The lowest BCUT2D eigenvalue weighted by atomic mass is 10.2. The van der Waals surface area contributed by atoms with Crippen LogP contribution in [0.3, 0.4) is 0 Å². The predicted octanol–water partition coefficient (Wildman–Crippen LogP) is 4.29. The van der Waals surface area contributed by atoms with E-state index in [1.54, 1.807) is 30.3 Å². The van der Waals surface area contributed by atoms with Gasteiger partial charge >= 0.3 is 0 Å². The third-order valence-corrected chi connectivity index (χ3v) is 2.68. The Bertz CT molecular complexity index is 675. The average molecular weight is 248 g/mol. The summed E-state index contributed by atoms with van der Waals surface area (Å²) in [6.07, 6.45) is 0. The number of hydrogen-bond donors (Lipinski definition) is 0. The fourth-order valence-electron chi connectivity index (χ4n) is 1.61. The van der Waals surface area contributed by atoms with Gasteiger partial charge in [0.25, 0.3) is 0 Å². The van der Waals surface area contributed by atoms with Gasteiger partial charge < -0.3 is 4.42 Å². The fourth-order valence-corrected chi connectivity index (χ4v) is 1.78. The van der Waals surface area contributed by atoms with E-state index in [4.69, 9.17) is 16.0 Å². The summed E-state index contributed by atoms with van der Waals surface area (Å²) >= 11 is 5.86. The molecular weight excluding hydrogens is 241 g/mol. The first kappa shape index (κ1) is 10.3. The number of aromatic nitrogens is 1. The minimum atomic E-state index is -0.284. The highest BCUT2D eigenvalue weighted by molar-refractivity contribution is 6.31. The minimum absolute atomic E-state index is 0.284. The molecule has 0 aliphatic rings. The highest BCUT2D eigenvalue weighted by Gasteiger charge is 2.08. The molecule has 0 aliphatic heterocycles. The summed E-state index contributed by atoms with van der Waals surface area (Å²) in [4.78, 5) is 4.31. The Balaban J connectivity index is 2.14. The molecule has 3 rings (SSSR count). The highest BCUT2D eigenvalue weighted by Crippen LogP contribution is 2.26. The summed E-state index contributed by atoms with van der Waals surface area (Å²) in [6, 6.07) is 11.2. The maximum absolute atomic E-state index is 12.8. The van der Waals surface area contributed by atoms with Crippen LogP contribution in [0, 0.1) is 5.82 Å². The van der Waals surface area contributed by atoms with Gasteiger partial charge in [-0.05, 0) is 36.4 Å². The third kappa shape index (κ3) is 1.89. The Morgan fingerprint density at radius 3 is 2.59 bits per heavy atom. The molecule has 84 valence electrons. The second-order valence-electron chi connectivity index (χ2n) is 3.64. The molecule has 3 aromatic rings. The monoisotopic (exact) mass is 247 g/mol. The largest absolute Gasteiger partial charge is 0.436 e. The molecule has 0 unspecified atom stereocenters. The lowest BCUT2D eigenvalue weighted by Gasteiger charge is -1.93. The van der Waals surface area contributed by atoms with E-state index >= 15 is 0 Å². The highest BCUT2D eigenvalue weighted by atomic mass is 35.5. The van der Waals surface area contributed by atoms with Crippen LogP contribution in [0.25, 0.3) is 22.6 Å². The number of oxazole rings is 1. The molecule has 0 saturated heterocycles. The van der Waals surface area contributed by atoms with Crippen molar-refractivity contribution in [2.45, 2.75) is 0 Å². The van der Waals surface area contributed by atoms with E-state index in [-0.39, 0.29) is 5.82 Å². The van der Waals surface area contributed by atoms with Crippen LogP contribution in [0.15, 0.2) is 46.9 Å².